The maximum absolute atomic E-state index is 15.1. The molecule has 1 saturated heterocycles. The smallest absolute Gasteiger partial charge is 0.223 e. The number of nitrogens with zero attached hydrogens (tertiary/aromatic N) is 5. The molecule has 1 aromatic carbocycles. The first kappa shape index (κ1) is 25.7. The minimum Gasteiger partial charge on any atom is -0.390 e. The molecule has 4 rings (SSSR count). The van der Waals surface area contributed by atoms with Gasteiger partial charge in [-0.1, -0.05) is 11.6 Å². The average Bonchev–Trinajstić information content (AvgIpc) is 3.16. The van der Waals surface area contributed by atoms with Crippen LogP contribution in [0.4, 0.5) is 10.3 Å². The van der Waals surface area contributed by atoms with E-state index in [9.17, 15) is 18.6 Å². The summed E-state index contributed by atoms with van der Waals surface area (Å²) in [6.45, 7) is 5.62. The molecular formula is C22H28ClFN6O4S. The average molecular weight is 527 g/mol. The molecule has 0 unspecified atom stereocenters. The van der Waals surface area contributed by atoms with Gasteiger partial charge >= 0.3 is 0 Å². The van der Waals surface area contributed by atoms with E-state index in [1.807, 2.05) is 13.8 Å². The Morgan fingerprint density at radius 3 is 2.57 bits per heavy atom. The van der Waals surface area contributed by atoms with Crippen molar-refractivity contribution in [3.8, 4) is 11.3 Å². The zero-order chi connectivity index (χ0) is 25.7. The number of piperidine rings is 1. The fourth-order valence-corrected chi connectivity index (χ4v) is 5.38. The van der Waals surface area contributed by atoms with Crippen molar-refractivity contribution < 1.29 is 23.0 Å². The summed E-state index contributed by atoms with van der Waals surface area (Å²) >= 11 is 6.37. The monoisotopic (exact) mass is 526 g/mol. The summed E-state index contributed by atoms with van der Waals surface area (Å²) in [5.41, 5.74) is 1.32. The number of fused-ring (bicyclic) bond motifs is 1. The lowest BCUT2D eigenvalue weighted by Crippen LogP contribution is -2.51. The van der Waals surface area contributed by atoms with Crippen LogP contribution in [-0.4, -0.2) is 73.9 Å². The Labute approximate surface area is 207 Å². The third-order valence-electron chi connectivity index (χ3n) is 6.01. The van der Waals surface area contributed by atoms with Gasteiger partial charge in [0.25, 0.3) is 0 Å². The molecule has 0 amide bonds. The maximum Gasteiger partial charge on any atom is 0.223 e. The molecule has 1 aliphatic rings. The van der Waals surface area contributed by atoms with Crippen LogP contribution >= 0.6 is 11.6 Å². The summed E-state index contributed by atoms with van der Waals surface area (Å²) < 4.78 is 41.6. The van der Waals surface area contributed by atoms with Gasteiger partial charge in [-0.05, 0) is 39.3 Å². The van der Waals surface area contributed by atoms with Crippen molar-refractivity contribution >= 4 is 38.6 Å². The van der Waals surface area contributed by atoms with Gasteiger partial charge in [0.15, 0.2) is 5.82 Å². The van der Waals surface area contributed by atoms with Crippen molar-refractivity contribution in [1.82, 2.24) is 23.8 Å². The number of anilines is 1. The number of sulfonamides is 1. The largest absolute Gasteiger partial charge is 0.390 e. The minimum atomic E-state index is -3.40. The quantitative estimate of drug-likeness (QED) is 0.446. The first-order valence-electron chi connectivity index (χ1n) is 11.2. The number of β-amino-alcohol motifs (C(OH)–C–C–N with tert-alkyl or cyclic N) is 1. The van der Waals surface area contributed by atoms with Crippen LogP contribution < -0.4 is 5.32 Å². The predicted octanol–water partition coefficient (Wildman–Crippen LogP) is 2.73. The van der Waals surface area contributed by atoms with E-state index in [-0.39, 0.29) is 41.3 Å². The molecule has 0 radical (unpaired) electrons. The van der Waals surface area contributed by atoms with Gasteiger partial charge in [-0.3, -0.25) is 0 Å². The van der Waals surface area contributed by atoms with Crippen LogP contribution in [-0.2, 0) is 10.0 Å². The molecule has 0 saturated carbocycles. The van der Waals surface area contributed by atoms with E-state index in [0.29, 0.717) is 23.3 Å². The normalized spacial score (nSPS) is 20.5. The summed E-state index contributed by atoms with van der Waals surface area (Å²) in [6.07, 6.45) is 0.993. The van der Waals surface area contributed by atoms with Crippen LogP contribution in [0.5, 0.6) is 0 Å². The van der Waals surface area contributed by atoms with Crippen LogP contribution in [0.15, 0.2) is 18.3 Å². The summed E-state index contributed by atoms with van der Waals surface area (Å²) in [5.74, 6) is -0.0491. The van der Waals surface area contributed by atoms with E-state index in [4.69, 9.17) is 11.6 Å². The van der Waals surface area contributed by atoms with Gasteiger partial charge in [0, 0.05) is 24.7 Å². The Hall–Kier alpha value is -2.38. The highest BCUT2D eigenvalue weighted by atomic mass is 35.5. The molecule has 1 aliphatic heterocycles. The van der Waals surface area contributed by atoms with E-state index in [2.05, 4.69) is 20.3 Å². The molecule has 35 heavy (non-hydrogen) atoms. The van der Waals surface area contributed by atoms with Crippen molar-refractivity contribution in [1.29, 1.82) is 0 Å². The number of aliphatic hydroxyl groups is 2. The Kier molecular flexibility index (Phi) is 7.04. The summed E-state index contributed by atoms with van der Waals surface area (Å²) in [5, 5.41) is 23.8. The third kappa shape index (κ3) is 5.12. The SMILES string of the molecule is CC(C)n1c([C@@H](C)O)nc2c(F)cc(-c3nc(N[C@@H]4CCN(S(C)(=O)=O)C[C@H]4O)ncc3Cl)cc21. The van der Waals surface area contributed by atoms with Gasteiger partial charge in [0.2, 0.25) is 16.0 Å². The van der Waals surface area contributed by atoms with E-state index in [1.165, 1.54) is 16.6 Å². The van der Waals surface area contributed by atoms with E-state index in [0.717, 1.165) is 6.26 Å². The lowest BCUT2D eigenvalue weighted by atomic mass is 10.0. The van der Waals surface area contributed by atoms with Gasteiger partial charge in [0.05, 0.1) is 40.8 Å². The van der Waals surface area contributed by atoms with Gasteiger partial charge in [-0.25, -0.2) is 27.8 Å². The number of aromatic nitrogens is 4. The van der Waals surface area contributed by atoms with Crippen molar-refractivity contribution in [3.05, 3.63) is 35.0 Å². The molecule has 190 valence electrons. The number of imidazole rings is 1. The first-order chi connectivity index (χ1) is 16.4. The fourth-order valence-electron chi connectivity index (χ4n) is 4.32. The number of hydrogen-bond acceptors (Lipinski definition) is 8. The van der Waals surface area contributed by atoms with Crippen LogP contribution in [0, 0.1) is 5.82 Å². The van der Waals surface area contributed by atoms with E-state index >= 15 is 4.39 Å². The molecule has 3 heterocycles. The highest BCUT2D eigenvalue weighted by molar-refractivity contribution is 7.88. The second-order valence-corrected chi connectivity index (χ2v) is 11.4. The molecule has 10 nitrogen and oxygen atoms in total. The number of nitrogens with one attached hydrogen (secondary N) is 1. The summed E-state index contributed by atoms with van der Waals surface area (Å²) in [6, 6.07) is 2.44. The van der Waals surface area contributed by atoms with Gasteiger partial charge in [0.1, 0.15) is 17.4 Å². The molecule has 3 N–H and O–H groups in total. The number of rotatable bonds is 6. The van der Waals surface area contributed by atoms with Crippen LogP contribution in [0.3, 0.4) is 0 Å². The number of hydrogen-bond donors (Lipinski definition) is 3. The Morgan fingerprint density at radius 2 is 1.97 bits per heavy atom. The molecule has 3 atom stereocenters. The number of benzene rings is 1. The predicted molar refractivity (Wildman–Crippen MR) is 131 cm³/mol. The minimum absolute atomic E-state index is 0.0381. The van der Waals surface area contributed by atoms with Crippen LogP contribution in [0.1, 0.15) is 45.2 Å². The second kappa shape index (κ2) is 9.58. The van der Waals surface area contributed by atoms with Gasteiger partial charge in [-0.15, -0.1) is 0 Å². The van der Waals surface area contributed by atoms with E-state index in [1.54, 1.807) is 17.6 Å². The molecule has 13 heteroatoms. The standard InChI is InChI=1S/C22H28ClFN6O4S/c1-11(2)30-17-8-13(7-15(24)20(17)27-21(30)12(3)31)19-14(23)9-25-22(28-19)26-16-5-6-29(10-18(16)32)35(4,33)34/h7-9,11-12,16,18,31-32H,5-6,10H2,1-4H3,(H,25,26,28)/t12-,16-,18-/m1/s1. The maximum atomic E-state index is 15.1. The second-order valence-electron chi connectivity index (χ2n) is 9.05. The lowest BCUT2D eigenvalue weighted by Gasteiger charge is -2.34. The zero-order valence-corrected chi connectivity index (χ0v) is 21.3. The molecule has 0 bridgehead atoms. The van der Waals surface area contributed by atoms with Gasteiger partial charge < -0.3 is 20.1 Å². The molecule has 3 aromatic rings. The molecule has 2 aromatic heterocycles. The molecule has 0 aliphatic carbocycles. The topological polar surface area (TPSA) is 133 Å². The van der Waals surface area contributed by atoms with Crippen LogP contribution in [0.25, 0.3) is 22.3 Å². The van der Waals surface area contributed by atoms with Crippen molar-refractivity contribution in [2.45, 2.75) is 51.5 Å². The molecule has 0 spiro atoms. The Balaban J connectivity index is 1.69. The Bertz CT molecular complexity index is 1360. The summed E-state index contributed by atoms with van der Waals surface area (Å²) in [4.78, 5) is 12.9. The van der Waals surface area contributed by atoms with E-state index < -0.39 is 34.1 Å². The first-order valence-corrected chi connectivity index (χ1v) is 13.4. The van der Waals surface area contributed by atoms with Gasteiger partial charge in [-0.2, -0.15) is 4.31 Å². The molecular weight excluding hydrogens is 499 g/mol. The Morgan fingerprint density at radius 1 is 1.26 bits per heavy atom. The fraction of sp³-hybridized carbons (Fsp3) is 0.500. The lowest BCUT2D eigenvalue weighted by molar-refractivity contribution is 0.0950. The third-order valence-corrected chi connectivity index (χ3v) is 7.56. The number of aliphatic hydroxyl groups excluding tert-OH is 2. The van der Waals surface area contributed by atoms with Crippen molar-refractivity contribution in [2.24, 2.45) is 0 Å². The highest BCUT2D eigenvalue weighted by Gasteiger charge is 2.32. The van der Waals surface area contributed by atoms with Crippen molar-refractivity contribution in [3.63, 3.8) is 0 Å². The highest BCUT2D eigenvalue weighted by Crippen LogP contribution is 2.33. The zero-order valence-electron chi connectivity index (χ0n) is 19.8. The van der Waals surface area contributed by atoms with Crippen LogP contribution in [0.2, 0.25) is 5.02 Å². The summed E-state index contributed by atoms with van der Waals surface area (Å²) in [7, 11) is -3.40. The molecule has 1 fully saturated rings. The number of halogens is 2. The van der Waals surface area contributed by atoms with Crippen molar-refractivity contribution in [2.75, 3.05) is 24.7 Å².